The largest absolute Gasteiger partial charge is 0.375 e. The van der Waals surface area contributed by atoms with E-state index in [-0.39, 0.29) is 0 Å². The highest BCUT2D eigenvalue weighted by Crippen LogP contribution is 2.18. The average molecular weight is 269 g/mol. The third kappa shape index (κ3) is 3.73. The third-order valence-corrected chi connectivity index (χ3v) is 4.24. The van der Waals surface area contributed by atoms with Crippen molar-refractivity contribution in [1.82, 2.24) is 15.1 Å². The lowest BCUT2D eigenvalue weighted by Gasteiger charge is -2.30. The molecule has 0 saturated carbocycles. The van der Waals surface area contributed by atoms with Gasteiger partial charge in [0.15, 0.2) is 0 Å². The van der Waals surface area contributed by atoms with E-state index >= 15 is 0 Å². The Balaban J connectivity index is 1.95. The number of nitrogens with zero attached hydrogens (tertiary/aromatic N) is 2. The topological polar surface area (TPSA) is 39.1 Å². The zero-order chi connectivity index (χ0) is 12.8. The van der Waals surface area contributed by atoms with Gasteiger partial charge in [0, 0.05) is 30.3 Å². The summed E-state index contributed by atoms with van der Waals surface area (Å²) in [6.07, 6.45) is 5.44. The fourth-order valence-corrected chi connectivity index (χ4v) is 3.22. The summed E-state index contributed by atoms with van der Waals surface area (Å²) in [5, 5.41) is 7.89. The van der Waals surface area contributed by atoms with Crippen molar-refractivity contribution in [3.63, 3.8) is 0 Å². The molecule has 2 atom stereocenters. The second-order valence-electron chi connectivity index (χ2n) is 4.56. The molecule has 2 rings (SSSR count). The maximum Gasteiger partial charge on any atom is 0.0821 e. The molecule has 1 N–H and O–H groups in total. The molecule has 0 bridgehead atoms. The number of ether oxygens (including phenoxy) is 1. The molecule has 5 heteroatoms. The highest BCUT2D eigenvalue weighted by Gasteiger charge is 2.24. The van der Waals surface area contributed by atoms with Crippen LogP contribution in [-0.4, -0.2) is 46.6 Å². The van der Waals surface area contributed by atoms with E-state index in [1.807, 2.05) is 22.6 Å². The number of aromatic nitrogens is 2. The van der Waals surface area contributed by atoms with Crippen LogP contribution in [0, 0.1) is 0 Å². The van der Waals surface area contributed by atoms with E-state index in [4.69, 9.17) is 4.74 Å². The van der Waals surface area contributed by atoms with Crippen LogP contribution in [0.4, 0.5) is 0 Å². The molecule has 1 aromatic rings. The van der Waals surface area contributed by atoms with Gasteiger partial charge in [0.2, 0.25) is 0 Å². The fourth-order valence-electron chi connectivity index (χ4n) is 2.27. The summed E-state index contributed by atoms with van der Waals surface area (Å²) in [4.78, 5) is 0. The average Bonchev–Trinajstić information content (AvgIpc) is 2.87. The maximum absolute atomic E-state index is 5.89. The van der Waals surface area contributed by atoms with Gasteiger partial charge in [-0.3, -0.25) is 4.68 Å². The van der Waals surface area contributed by atoms with E-state index in [0.29, 0.717) is 12.1 Å². The number of hydrogen-bond acceptors (Lipinski definition) is 4. The minimum atomic E-state index is 0.327. The standard InChI is InChI=1S/C13H23N3OS/c1-3-14-12(13-10-18-6-5-17-13)7-11-8-15-16(4-2)9-11/h8-9,12-14H,3-7,10H2,1-2H3. The van der Waals surface area contributed by atoms with Crippen LogP contribution in [0.25, 0.3) is 0 Å². The molecular formula is C13H23N3OS. The van der Waals surface area contributed by atoms with Crippen LogP contribution >= 0.6 is 11.8 Å². The van der Waals surface area contributed by atoms with Gasteiger partial charge in [0.1, 0.15) is 0 Å². The van der Waals surface area contributed by atoms with E-state index in [1.165, 1.54) is 5.56 Å². The lowest BCUT2D eigenvalue weighted by Crippen LogP contribution is -2.46. The third-order valence-electron chi connectivity index (χ3n) is 3.22. The Morgan fingerprint density at radius 3 is 3.11 bits per heavy atom. The van der Waals surface area contributed by atoms with Crippen molar-refractivity contribution in [3.05, 3.63) is 18.0 Å². The van der Waals surface area contributed by atoms with Crippen LogP contribution in [0.2, 0.25) is 0 Å². The van der Waals surface area contributed by atoms with Crippen LogP contribution in [0.1, 0.15) is 19.4 Å². The molecule has 0 spiro atoms. The van der Waals surface area contributed by atoms with Crippen LogP contribution in [0.15, 0.2) is 12.4 Å². The van der Waals surface area contributed by atoms with E-state index in [1.54, 1.807) is 0 Å². The maximum atomic E-state index is 5.89. The zero-order valence-corrected chi connectivity index (χ0v) is 12.1. The molecule has 1 fully saturated rings. The summed E-state index contributed by atoms with van der Waals surface area (Å²) in [6, 6.07) is 0.400. The smallest absolute Gasteiger partial charge is 0.0821 e. The van der Waals surface area contributed by atoms with Crippen molar-refractivity contribution in [2.24, 2.45) is 0 Å². The molecule has 1 saturated heterocycles. The van der Waals surface area contributed by atoms with Gasteiger partial charge in [-0.05, 0) is 25.5 Å². The quantitative estimate of drug-likeness (QED) is 0.850. The van der Waals surface area contributed by atoms with Crippen molar-refractivity contribution in [2.75, 3.05) is 24.7 Å². The van der Waals surface area contributed by atoms with Gasteiger partial charge in [-0.15, -0.1) is 0 Å². The normalized spacial score (nSPS) is 22.0. The summed E-state index contributed by atoms with van der Waals surface area (Å²) in [5.74, 6) is 2.22. The van der Waals surface area contributed by atoms with Crippen molar-refractivity contribution < 1.29 is 4.74 Å². The zero-order valence-electron chi connectivity index (χ0n) is 11.3. The van der Waals surface area contributed by atoms with Gasteiger partial charge in [-0.2, -0.15) is 16.9 Å². The minimum absolute atomic E-state index is 0.327. The molecule has 0 aromatic carbocycles. The first-order valence-corrected chi connectivity index (χ1v) is 7.93. The Kier molecular flexibility index (Phi) is 5.53. The lowest BCUT2D eigenvalue weighted by molar-refractivity contribution is 0.0476. The summed E-state index contributed by atoms with van der Waals surface area (Å²) in [6.45, 7) is 7.06. The monoisotopic (exact) mass is 269 g/mol. The summed E-state index contributed by atoms with van der Waals surface area (Å²) in [7, 11) is 0. The van der Waals surface area contributed by atoms with Gasteiger partial charge in [-0.1, -0.05) is 6.92 Å². The SMILES string of the molecule is CCNC(Cc1cnn(CC)c1)C1CSCCO1. The molecule has 0 amide bonds. The van der Waals surface area contributed by atoms with Gasteiger partial charge in [-0.25, -0.2) is 0 Å². The number of hydrogen-bond donors (Lipinski definition) is 1. The summed E-state index contributed by atoms with van der Waals surface area (Å²) in [5.41, 5.74) is 1.29. The van der Waals surface area contributed by atoms with Gasteiger partial charge in [0.25, 0.3) is 0 Å². The van der Waals surface area contributed by atoms with Crippen LogP contribution < -0.4 is 5.32 Å². The Bertz CT molecular complexity index is 350. The Morgan fingerprint density at radius 2 is 2.50 bits per heavy atom. The predicted molar refractivity (Wildman–Crippen MR) is 76.1 cm³/mol. The molecule has 2 unspecified atom stereocenters. The van der Waals surface area contributed by atoms with E-state index < -0.39 is 0 Å². The molecule has 1 aliphatic heterocycles. The number of aryl methyl sites for hydroxylation is 1. The Morgan fingerprint density at radius 1 is 1.61 bits per heavy atom. The molecule has 4 nitrogen and oxygen atoms in total. The first kappa shape index (κ1) is 13.9. The second kappa shape index (κ2) is 7.16. The molecule has 0 radical (unpaired) electrons. The first-order valence-electron chi connectivity index (χ1n) is 6.77. The number of nitrogens with one attached hydrogen (secondary N) is 1. The molecule has 102 valence electrons. The number of rotatable bonds is 6. The van der Waals surface area contributed by atoms with Gasteiger partial charge < -0.3 is 10.1 Å². The number of thioether (sulfide) groups is 1. The van der Waals surface area contributed by atoms with E-state index in [2.05, 4.69) is 30.5 Å². The summed E-state index contributed by atoms with van der Waals surface area (Å²) >= 11 is 1.99. The van der Waals surface area contributed by atoms with E-state index in [9.17, 15) is 0 Å². The van der Waals surface area contributed by atoms with Crippen molar-refractivity contribution in [3.8, 4) is 0 Å². The highest BCUT2D eigenvalue weighted by atomic mass is 32.2. The molecular weight excluding hydrogens is 246 g/mol. The molecule has 1 aromatic heterocycles. The van der Waals surface area contributed by atoms with Crippen LogP contribution in [0.3, 0.4) is 0 Å². The molecule has 18 heavy (non-hydrogen) atoms. The van der Waals surface area contributed by atoms with Crippen molar-refractivity contribution in [1.29, 1.82) is 0 Å². The van der Waals surface area contributed by atoms with Crippen molar-refractivity contribution in [2.45, 2.75) is 39.0 Å². The van der Waals surface area contributed by atoms with Crippen LogP contribution in [0.5, 0.6) is 0 Å². The minimum Gasteiger partial charge on any atom is -0.375 e. The lowest BCUT2D eigenvalue weighted by atomic mass is 10.0. The predicted octanol–water partition coefficient (Wildman–Crippen LogP) is 1.56. The molecule has 2 heterocycles. The van der Waals surface area contributed by atoms with Gasteiger partial charge >= 0.3 is 0 Å². The Hall–Kier alpha value is -0.520. The summed E-state index contributed by atoms with van der Waals surface area (Å²) < 4.78 is 7.87. The van der Waals surface area contributed by atoms with Gasteiger partial charge in [0.05, 0.1) is 18.9 Å². The fraction of sp³-hybridized carbons (Fsp3) is 0.769. The molecule has 1 aliphatic rings. The van der Waals surface area contributed by atoms with Crippen LogP contribution in [-0.2, 0) is 17.7 Å². The number of likely N-dealkylation sites (N-methyl/N-ethyl adjacent to an activating group) is 1. The second-order valence-corrected chi connectivity index (χ2v) is 5.71. The van der Waals surface area contributed by atoms with Crippen molar-refractivity contribution >= 4 is 11.8 Å². The highest BCUT2D eigenvalue weighted by molar-refractivity contribution is 7.99. The molecule has 0 aliphatic carbocycles. The Labute approximate surface area is 113 Å². The first-order chi connectivity index (χ1) is 8.83. The van der Waals surface area contributed by atoms with E-state index in [0.717, 1.165) is 37.6 Å².